The van der Waals surface area contributed by atoms with Gasteiger partial charge in [0.15, 0.2) is 0 Å². The molecular weight excluding hydrogens is 215 g/mol. The van der Waals surface area contributed by atoms with E-state index in [9.17, 15) is 0 Å². The van der Waals surface area contributed by atoms with Crippen LogP contribution in [-0.4, -0.2) is 42.3 Å². The molecule has 0 bridgehead atoms. The first-order chi connectivity index (χ1) is 4.24. The Labute approximate surface area is 78.1 Å². The van der Waals surface area contributed by atoms with Gasteiger partial charge in [-0.25, -0.2) is 0 Å². The van der Waals surface area contributed by atoms with Gasteiger partial charge in [0.25, 0.3) is 0 Å². The average molecular weight is 236 g/mol. The maximum atomic E-state index is 2.75. The van der Waals surface area contributed by atoms with E-state index in [1.807, 2.05) is 42.3 Å². The predicted molar refractivity (Wildman–Crippen MR) is 45.0 cm³/mol. The summed E-state index contributed by atoms with van der Waals surface area (Å²) in [6, 6.07) is 0. The molecule has 0 saturated carbocycles. The quantitative estimate of drug-likeness (QED) is 0.497. The monoisotopic (exact) mass is 237 g/mol. The number of nitrogens with one attached hydrogen (secondary N) is 3. The zero-order valence-corrected chi connectivity index (χ0v) is 9.59. The minimum Gasteiger partial charge on any atom is -0.323 e. The van der Waals surface area contributed by atoms with E-state index in [-0.39, 0.29) is 19.5 Å². The Morgan fingerprint density at radius 2 is 0.500 bits per heavy atom. The largest absolute Gasteiger partial charge is 0.323 e. The Kier molecular flexibility index (Phi) is 126. The first kappa shape index (κ1) is 22.4. The van der Waals surface area contributed by atoms with Crippen molar-refractivity contribution >= 4 is 0 Å². The van der Waals surface area contributed by atoms with Crippen LogP contribution in [0.3, 0.4) is 0 Å². The minimum atomic E-state index is 0. The summed E-state index contributed by atoms with van der Waals surface area (Å²) < 4.78 is 0. The van der Waals surface area contributed by atoms with Gasteiger partial charge in [-0.1, -0.05) is 0 Å². The molecule has 0 aromatic rings. The molecule has 0 aliphatic carbocycles. The molecule has 0 heterocycles. The first-order valence-electron chi connectivity index (χ1n) is 3.00. The molecule has 0 radical (unpaired) electrons. The van der Waals surface area contributed by atoms with Crippen LogP contribution < -0.4 is 16.0 Å². The minimum absolute atomic E-state index is 0. The smallest absolute Gasteiger partial charge is 0 e. The Balaban J connectivity index is -0.0000000257. The van der Waals surface area contributed by atoms with E-state index in [1.54, 1.807) is 0 Å². The summed E-state index contributed by atoms with van der Waals surface area (Å²) in [5.41, 5.74) is 0. The van der Waals surface area contributed by atoms with Gasteiger partial charge in [-0.05, 0) is 42.3 Å². The SMILES string of the molecule is CNC.CNC.CNC.[Ru]. The van der Waals surface area contributed by atoms with E-state index in [1.165, 1.54) is 0 Å². The van der Waals surface area contributed by atoms with Crippen LogP contribution in [-0.2, 0) is 19.5 Å². The van der Waals surface area contributed by atoms with Crippen LogP contribution in [0.2, 0.25) is 0 Å². The van der Waals surface area contributed by atoms with Gasteiger partial charge in [0.2, 0.25) is 0 Å². The molecule has 3 N–H and O–H groups in total. The fourth-order valence-electron chi connectivity index (χ4n) is 0. The van der Waals surface area contributed by atoms with Crippen molar-refractivity contribution in [1.29, 1.82) is 0 Å². The maximum absolute atomic E-state index is 2.75. The van der Waals surface area contributed by atoms with Gasteiger partial charge in [0.05, 0.1) is 0 Å². The number of rotatable bonds is 0. The molecule has 4 heteroatoms. The van der Waals surface area contributed by atoms with Crippen molar-refractivity contribution in [2.24, 2.45) is 0 Å². The summed E-state index contributed by atoms with van der Waals surface area (Å²) in [6.07, 6.45) is 0. The maximum Gasteiger partial charge on any atom is 0 e. The molecular formula is C6H21N3Ru. The van der Waals surface area contributed by atoms with E-state index in [2.05, 4.69) is 16.0 Å². The number of hydrogen-bond donors (Lipinski definition) is 3. The third kappa shape index (κ3) is 1890. The van der Waals surface area contributed by atoms with E-state index >= 15 is 0 Å². The first-order valence-corrected chi connectivity index (χ1v) is 3.00. The molecule has 0 aromatic carbocycles. The second kappa shape index (κ2) is 56.0. The zero-order valence-electron chi connectivity index (χ0n) is 7.85. The summed E-state index contributed by atoms with van der Waals surface area (Å²) in [7, 11) is 11.2. The van der Waals surface area contributed by atoms with Crippen molar-refractivity contribution < 1.29 is 19.5 Å². The molecule has 10 heavy (non-hydrogen) atoms. The van der Waals surface area contributed by atoms with Crippen molar-refractivity contribution in [3.05, 3.63) is 0 Å². The van der Waals surface area contributed by atoms with Crippen molar-refractivity contribution in [3.63, 3.8) is 0 Å². The third-order valence-corrected chi connectivity index (χ3v) is 0. The summed E-state index contributed by atoms with van der Waals surface area (Å²) in [5, 5.41) is 8.25. The summed E-state index contributed by atoms with van der Waals surface area (Å²) >= 11 is 0. The summed E-state index contributed by atoms with van der Waals surface area (Å²) in [4.78, 5) is 0. The Morgan fingerprint density at radius 3 is 0.500 bits per heavy atom. The fourth-order valence-corrected chi connectivity index (χ4v) is 0. The summed E-state index contributed by atoms with van der Waals surface area (Å²) in [6.45, 7) is 0. The van der Waals surface area contributed by atoms with Crippen LogP contribution in [0.5, 0.6) is 0 Å². The molecule has 0 amide bonds. The van der Waals surface area contributed by atoms with Crippen molar-refractivity contribution in [1.82, 2.24) is 16.0 Å². The Bertz CT molecular complexity index is 17.7. The van der Waals surface area contributed by atoms with Gasteiger partial charge in [-0.2, -0.15) is 0 Å². The molecule has 0 saturated heterocycles. The Morgan fingerprint density at radius 1 is 0.500 bits per heavy atom. The zero-order chi connectivity index (χ0) is 8.12. The topological polar surface area (TPSA) is 36.1 Å². The normalized spacial score (nSPS) is 5.40. The van der Waals surface area contributed by atoms with E-state index in [4.69, 9.17) is 0 Å². The molecule has 68 valence electrons. The molecule has 0 unspecified atom stereocenters. The molecule has 0 aliphatic rings. The molecule has 0 aromatic heterocycles. The standard InChI is InChI=1S/3C2H7N.Ru/c3*1-3-2;/h3*3H,1-2H3;. The number of hydrogen-bond acceptors (Lipinski definition) is 3. The van der Waals surface area contributed by atoms with Crippen molar-refractivity contribution in [2.45, 2.75) is 0 Å². The molecule has 0 aliphatic heterocycles. The average Bonchev–Trinajstić information content (AvgIpc) is 1.70. The molecule has 3 nitrogen and oxygen atoms in total. The summed E-state index contributed by atoms with van der Waals surface area (Å²) in [5.74, 6) is 0. The van der Waals surface area contributed by atoms with Crippen LogP contribution in [0.15, 0.2) is 0 Å². The predicted octanol–water partition coefficient (Wildman–Crippen LogP) is -0.496. The van der Waals surface area contributed by atoms with Crippen LogP contribution in [0.25, 0.3) is 0 Å². The van der Waals surface area contributed by atoms with Crippen LogP contribution >= 0.6 is 0 Å². The van der Waals surface area contributed by atoms with Crippen LogP contribution in [0.4, 0.5) is 0 Å². The molecule has 0 fully saturated rings. The Hall–Kier alpha value is 0.503. The third-order valence-electron chi connectivity index (χ3n) is 0. The molecule has 0 atom stereocenters. The van der Waals surface area contributed by atoms with Crippen LogP contribution in [0, 0.1) is 0 Å². The van der Waals surface area contributed by atoms with Gasteiger partial charge in [0.1, 0.15) is 0 Å². The van der Waals surface area contributed by atoms with E-state index in [0.717, 1.165) is 0 Å². The van der Waals surface area contributed by atoms with Gasteiger partial charge >= 0.3 is 0 Å². The molecule has 0 rings (SSSR count). The van der Waals surface area contributed by atoms with Gasteiger partial charge in [-0.3, -0.25) is 0 Å². The molecule has 0 spiro atoms. The van der Waals surface area contributed by atoms with E-state index < -0.39 is 0 Å². The van der Waals surface area contributed by atoms with Crippen molar-refractivity contribution in [3.8, 4) is 0 Å². The van der Waals surface area contributed by atoms with E-state index in [0.29, 0.717) is 0 Å². The second-order valence-corrected chi connectivity index (χ2v) is 1.50. The fraction of sp³-hybridized carbons (Fsp3) is 1.00. The van der Waals surface area contributed by atoms with Crippen LogP contribution in [0.1, 0.15) is 0 Å². The van der Waals surface area contributed by atoms with Gasteiger partial charge < -0.3 is 16.0 Å². The van der Waals surface area contributed by atoms with Gasteiger partial charge in [0, 0.05) is 19.5 Å². The van der Waals surface area contributed by atoms with Crippen molar-refractivity contribution in [2.75, 3.05) is 42.3 Å². The van der Waals surface area contributed by atoms with Gasteiger partial charge in [-0.15, -0.1) is 0 Å². The second-order valence-electron chi connectivity index (χ2n) is 1.50.